The molecule has 0 bridgehead atoms. The molecule has 0 aliphatic heterocycles. The van der Waals surface area contributed by atoms with E-state index in [2.05, 4.69) is 4.98 Å². The van der Waals surface area contributed by atoms with Crippen LogP contribution in [0.3, 0.4) is 0 Å². The van der Waals surface area contributed by atoms with Crippen molar-refractivity contribution < 1.29 is 4.79 Å². The second kappa shape index (κ2) is 4.04. The fourth-order valence-electron chi connectivity index (χ4n) is 2.86. The lowest BCUT2D eigenvalue weighted by molar-refractivity contribution is 0.0867. The van der Waals surface area contributed by atoms with Gasteiger partial charge in [0.05, 0.1) is 16.4 Å². The van der Waals surface area contributed by atoms with Crippen LogP contribution in [-0.4, -0.2) is 15.5 Å². The van der Waals surface area contributed by atoms with Gasteiger partial charge >= 0.3 is 0 Å². The molecule has 0 unspecified atom stereocenters. The van der Waals surface area contributed by atoms with E-state index < -0.39 is 0 Å². The van der Waals surface area contributed by atoms with E-state index in [-0.39, 0.29) is 11.3 Å². The fraction of sp³-hybridized carbons (Fsp3) is 0.176. The minimum atomic E-state index is -0.343. The molecule has 20 heavy (non-hydrogen) atoms. The molecule has 4 rings (SSSR count). The third-order valence-corrected chi connectivity index (χ3v) is 4.16. The monoisotopic (exact) mass is 262 g/mol. The number of imidazole rings is 1. The van der Waals surface area contributed by atoms with Crippen LogP contribution in [0.1, 0.15) is 23.2 Å². The quantitative estimate of drug-likeness (QED) is 0.709. The highest BCUT2D eigenvalue weighted by atomic mass is 16.2. The van der Waals surface area contributed by atoms with Crippen molar-refractivity contribution >= 4 is 16.9 Å². The lowest BCUT2D eigenvalue weighted by atomic mass is 9.95. The lowest BCUT2D eigenvalue weighted by Crippen LogP contribution is -2.26. The maximum absolute atomic E-state index is 12.9. The van der Waals surface area contributed by atoms with Crippen molar-refractivity contribution in [2.45, 2.75) is 18.3 Å². The van der Waals surface area contributed by atoms with E-state index in [1.807, 2.05) is 54.6 Å². The molecule has 98 valence electrons. The van der Waals surface area contributed by atoms with Gasteiger partial charge in [-0.2, -0.15) is 0 Å². The summed E-state index contributed by atoms with van der Waals surface area (Å²) in [5.74, 6) is 0.136. The summed E-state index contributed by atoms with van der Waals surface area (Å²) < 4.78 is 1.70. The molecule has 0 saturated heterocycles. The van der Waals surface area contributed by atoms with Crippen LogP contribution in [0.4, 0.5) is 0 Å². The Labute approximate surface area is 116 Å². The number of carbonyl (C=O) groups is 1. The van der Waals surface area contributed by atoms with Crippen LogP contribution in [0.25, 0.3) is 11.0 Å². The van der Waals surface area contributed by atoms with Gasteiger partial charge in [-0.25, -0.2) is 4.98 Å². The molecule has 0 spiro atoms. The first kappa shape index (κ1) is 11.4. The van der Waals surface area contributed by atoms with Gasteiger partial charge in [0.2, 0.25) is 5.91 Å². The summed E-state index contributed by atoms with van der Waals surface area (Å²) in [6.45, 7) is 0. The summed E-state index contributed by atoms with van der Waals surface area (Å²) in [7, 11) is 0. The molecule has 3 nitrogen and oxygen atoms in total. The van der Waals surface area contributed by atoms with Crippen molar-refractivity contribution in [2.75, 3.05) is 0 Å². The molecule has 1 saturated carbocycles. The molecule has 0 N–H and O–H groups in total. The molecule has 3 heteroatoms. The smallest absolute Gasteiger partial charge is 0.242 e. The second-order valence-electron chi connectivity index (χ2n) is 5.36. The van der Waals surface area contributed by atoms with E-state index in [1.165, 1.54) is 0 Å². The van der Waals surface area contributed by atoms with Crippen LogP contribution in [0.5, 0.6) is 0 Å². The van der Waals surface area contributed by atoms with Crippen LogP contribution in [0, 0.1) is 0 Å². The van der Waals surface area contributed by atoms with E-state index in [9.17, 15) is 4.79 Å². The SMILES string of the molecule is O=C(n1cnc2ccccc21)C1(c2ccccc2)CC1. The summed E-state index contributed by atoms with van der Waals surface area (Å²) in [5, 5.41) is 0. The van der Waals surface area contributed by atoms with Gasteiger partial charge in [0.25, 0.3) is 0 Å². The largest absolute Gasteiger partial charge is 0.273 e. The Morgan fingerprint density at radius 1 is 1.00 bits per heavy atom. The van der Waals surface area contributed by atoms with Gasteiger partial charge in [0.1, 0.15) is 6.33 Å². The van der Waals surface area contributed by atoms with E-state index in [0.29, 0.717) is 0 Å². The van der Waals surface area contributed by atoms with Crippen LogP contribution in [-0.2, 0) is 5.41 Å². The summed E-state index contributed by atoms with van der Waals surface area (Å²) in [6.07, 6.45) is 3.49. The number of nitrogens with zero attached hydrogens (tertiary/aromatic N) is 2. The molecular weight excluding hydrogens is 248 g/mol. The molecule has 1 aliphatic carbocycles. The van der Waals surface area contributed by atoms with Crippen LogP contribution >= 0.6 is 0 Å². The van der Waals surface area contributed by atoms with Crippen molar-refractivity contribution in [3.63, 3.8) is 0 Å². The predicted molar refractivity (Wildman–Crippen MR) is 77.7 cm³/mol. The van der Waals surface area contributed by atoms with E-state index in [4.69, 9.17) is 0 Å². The highest BCUT2D eigenvalue weighted by molar-refractivity contribution is 5.98. The molecule has 0 radical (unpaired) electrons. The summed E-state index contributed by atoms with van der Waals surface area (Å²) >= 11 is 0. The van der Waals surface area contributed by atoms with Gasteiger partial charge in [-0.1, -0.05) is 42.5 Å². The van der Waals surface area contributed by atoms with Crippen molar-refractivity contribution in [1.29, 1.82) is 0 Å². The zero-order valence-corrected chi connectivity index (χ0v) is 11.0. The molecular formula is C17H14N2O. The highest BCUT2D eigenvalue weighted by Crippen LogP contribution is 2.49. The Kier molecular flexibility index (Phi) is 2.30. The van der Waals surface area contributed by atoms with Crippen LogP contribution in [0.15, 0.2) is 60.9 Å². The lowest BCUT2D eigenvalue weighted by Gasteiger charge is -2.15. The molecule has 1 fully saturated rings. The first-order valence-electron chi connectivity index (χ1n) is 6.84. The molecule has 1 aliphatic rings. The van der Waals surface area contributed by atoms with Crippen molar-refractivity contribution in [3.05, 3.63) is 66.5 Å². The molecule has 1 heterocycles. The zero-order chi connectivity index (χ0) is 13.6. The van der Waals surface area contributed by atoms with E-state index in [0.717, 1.165) is 29.4 Å². The van der Waals surface area contributed by atoms with Crippen LogP contribution < -0.4 is 0 Å². The Morgan fingerprint density at radius 3 is 2.45 bits per heavy atom. The summed E-state index contributed by atoms with van der Waals surface area (Å²) in [4.78, 5) is 17.2. The molecule has 3 aromatic rings. The van der Waals surface area contributed by atoms with Gasteiger partial charge in [0, 0.05) is 0 Å². The summed E-state index contributed by atoms with van der Waals surface area (Å²) in [6, 6.07) is 17.8. The number of para-hydroxylation sites is 2. The Balaban J connectivity index is 1.82. The average molecular weight is 262 g/mol. The van der Waals surface area contributed by atoms with Gasteiger partial charge in [0.15, 0.2) is 0 Å². The normalized spacial score (nSPS) is 16.2. The number of benzene rings is 2. The number of fused-ring (bicyclic) bond motifs is 1. The number of hydrogen-bond donors (Lipinski definition) is 0. The minimum absolute atomic E-state index is 0.136. The molecule has 1 aromatic heterocycles. The molecule has 0 atom stereocenters. The molecule has 0 amide bonds. The zero-order valence-electron chi connectivity index (χ0n) is 11.0. The van der Waals surface area contributed by atoms with Crippen LogP contribution in [0.2, 0.25) is 0 Å². The van der Waals surface area contributed by atoms with Crippen molar-refractivity contribution in [1.82, 2.24) is 9.55 Å². The summed E-state index contributed by atoms with van der Waals surface area (Å²) in [5.41, 5.74) is 2.53. The number of carbonyl (C=O) groups excluding carboxylic acids is 1. The third-order valence-electron chi connectivity index (χ3n) is 4.16. The van der Waals surface area contributed by atoms with Gasteiger partial charge in [-0.3, -0.25) is 9.36 Å². The first-order valence-corrected chi connectivity index (χ1v) is 6.84. The standard InChI is InChI=1S/C17H14N2O/c20-16(17(10-11-17)13-6-2-1-3-7-13)19-12-18-14-8-4-5-9-15(14)19/h1-9,12H,10-11H2. The van der Waals surface area contributed by atoms with Gasteiger partial charge < -0.3 is 0 Å². The van der Waals surface area contributed by atoms with Gasteiger partial charge in [-0.15, -0.1) is 0 Å². The van der Waals surface area contributed by atoms with Gasteiger partial charge in [-0.05, 0) is 30.5 Å². The third kappa shape index (κ3) is 1.53. The van der Waals surface area contributed by atoms with E-state index >= 15 is 0 Å². The maximum atomic E-state index is 12.9. The number of hydrogen-bond acceptors (Lipinski definition) is 2. The average Bonchev–Trinajstić information content (AvgIpc) is 3.21. The van der Waals surface area contributed by atoms with Crippen molar-refractivity contribution in [2.24, 2.45) is 0 Å². The second-order valence-corrected chi connectivity index (χ2v) is 5.36. The Bertz CT molecular complexity index is 785. The minimum Gasteiger partial charge on any atom is -0.273 e. The predicted octanol–water partition coefficient (Wildman–Crippen LogP) is 3.41. The first-order chi connectivity index (χ1) is 9.81. The van der Waals surface area contributed by atoms with E-state index in [1.54, 1.807) is 10.9 Å². The number of rotatable bonds is 2. The topological polar surface area (TPSA) is 34.9 Å². The fourth-order valence-corrected chi connectivity index (χ4v) is 2.86. The molecule has 2 aromatic carbocycles. The number of aromatic nitrogens is 2. The Morgan fingerprint density at radius 2 is 1.70 bits per heavy atom. The van der Waals surface area contributed by atoms with Crippen molar-refractivity contribution in [3.8, 4) is 0 Å². The Hall–Kier alpha value is -2.42. The highest BCUT2D eigenvalue weighted by Gasteiger charge is 2.52. The maximum Gasteiger partial charge on any atom is 0.242 e.